The third kappa shape index (κ3) is 3.90. The Morgan fingerprint density at radius 1 is 0.853 bits per heavy atom. The van der Waals surface area contributed by atoms with Gasteiger partial charge in [-0.05, 0) is 38.1 Å². The lowest BCUT2D eigenvalue weighted by Crippen LogP contribution is -2.11. The van der Waals surface area contributed by atoms with Crippen LogP contribution in [0.25, 0.3) is 33.7 Å². The molecule has 2 aromatic heterocycles. The zero-order valence-electron chi connectivity index (χ0n) is 18.7. The minimum atomic E-state index is -0.611. The van der Waals surface area contributed by atoms with E-state index in [0.29, 0.717) is 34.1 Å². The van der Waals surface area contributed by atoms with E-state index in [1.54, 1.807) is 32.0 Å². The molecule has 0 aliphatic rings. The van der Waals surface area contributed by atoms with Crippen LogP contribution in [0.5, 0.6) is 0 Å². The van der Waals surface area contributed by atoms with Crippen LogP contribution >= 0.6 is 0 Å². The second kappa shape index (κ2) is 8.83. The second-order valence-electron chi connectivity index (χ2n) is 7.90. The van der Waals surface area contributed by atoms with Crippen LogP contribution in [-0.2, 0) is 11.3 Å². The van der Waals surface area contributed by atoms with Crippen molar-refractivity contribution in [2.75, 3.05) is 0 Å². The maximum absolute atomic E-state index is 13.0. The van der Waals surface area contributed by atoms with E-state index in [1.165, 1.54) is 0 Å². The summed E-state index contributed by atoms with van der Waals surface area (Å²) in [6.45, 7) is 3.42. The number of hydrogen-bond acceptors (Lipinski definition) is 6. The fourth-order valence-corrected chi connectivity index (χ4v) is 3.81. The average Bonchev–Trinajstić information content (AvgIpc) is 3.25. The van der Waals surface area contributed by atoms with Crippen LogP contribution in [0.2, 0.25) is 0 Å². The lowest BCUT2D eigenvalue weighted by Gasteiger charge is -2.10. The molecule has 34 heavy (non-hydrogen) atoms. The molecule has 0 radical (unpaired) electrons. The van der Waals surface area contributed by atoms with Gasteiger partial charge >= 0.3 is 5.97 Å². The summed E-state index contributed by atoms with van der Waals surface area (Å²) in [5, 5.41) is 0.329. The molecule has 0 saturated heterocycles. The van der Waals surface area contributed by atoms with Crippen LogP contribution in [0.3, 0.4) is 0 Å². The van der Waals surface area contributed by atoms with E-state index < -0.39 is 5.97 Å². The van der Waals surface area contributed by atoms with Crippen LogP contribution in [0.15, 0.2) is 92.5 Å². The van der Waals surface area contributed by atoms with Crippen LogP contribution in [0.1, 0.15) is 27.4 Å². The molecule has 0 amide bonds. The van der Waals surface area contributed by atoms with Crippen LogP contribution < -0.4 is 5.43 Å². The van der Waals surface area contributed by atoms with Crippen molar-refractivity contribution in [3.8, 4) is 22.8 Å². The van der Waals surface area contributed by atoms with Crippen molar-refractivity contribution in [1.29, 1.82) is 0 Å². The van der Waals surface area contributed by atoms with Crippen molar-refractivity contribution < 1.29 is 18.4 Å². The Kier molecular flexibility index (Phi) is 5.55. The topological polar surface area (TPSA) is 82.5 Å². The molecule has 5 rings (SSSR count). The lowest BCUT2D eigenvalue weighted by molar-refractivity contribution is 0.0468. The highest BCUT2D eigenvalue weighted by atomic mass is 16.5. The second-order valence-corrected chi connectivity index (χ2v) is 7.90. The number of oxazole rings is 1. The van der Waals surface area contributed by atoms with Crippen molar-refractivity contribution in [1.82, 2.24) is 4.98 Å². The number of carbonyl (C=O) groups is 1. The molecule has 0 N–H and O–H groups in total. The average molecular weight is 451 g/mol. The van der Waals surface area contributed by atoms with Gasteiger partial charge in [0.05, 0.1) is 5.39 Å². The van der Waals surface area contributed by atoms with E-state index >= 15 is 0 Å². The molecule has 2 heterocycles. The van der Waals surface area contributed by atoms with Crippen molar-refractivity contribution in [3.05, 3.63) is 112 Å². The number of aryl methyl sites for hydroxylation is 1. The Hall–Kier alpha value is -4.45. The van der Waals surface area contributed by atoms with Crippen molar-refractivity contribution >= 4 is 16.9 Å². The van der Waals surface area contributed by atoms with Gasteiger partial charge in [0.1, 0.15) is 29.4 Å². The smallest absolute Gasteiger partial charge is 0.342 e. The molecule has 6 heteroatoms. The first-order chi connectivity index (χ1) is 16.5. The van der Waals surface area contributed by atoms with Gasteiger partial charge in [0.25, 0.3) is 0 Å². The zero-order valence-corrected chi connectivity index (χ0v) is 18.7. The van der Waals surface area contributed by atoms with Crippen LogP contribution in [0, 0.1) is 13.8 Å². The normalized spacial score (nSPS) is 11.0. The molecule has 0 aliphatic carbocycles. The summed E-state index contributed by atoms with van der Waals surface area (Å²) in [4.78, 5) is 30.5. The number of hydrogen-bond donors (Lipinski definition) is 0. The minimum Gasteiger partial charge on any atom is -0.455 e. The maximum atomic E-state index is 13.0. The minimum absolute atomic E-state index is 0.0704. The Balaban J connectivity index is 1.47. The van der Waals surface area contributed by atoms with Gasteiger partial charge < -0.3 is 13.6 Å². The van der Waals surface area contributed by atoms with Gasteiger partial charge in [0.15, 0.2) is 11.0 Å². The Morgan fingerprint density at radius 2 is 1.53 bits per heavy atom. The summed E-state index contributed by atoms with van der Waals surface area (Å²) < 4.78 is 17.4. The fraction of sp³-hybridized carbons (Fsp3) is 0.107. The third-order valence-corrected chi connectivity index (χ3v) is 5.65. The van der Waals surface area contributed by atoms with Crippen molar-refractivity contribution in [2.45, 2.75) is 20.5 Å². The van der Waals surface area contributed by atoms with Crippen LogP contribution in [0.4, 0.5) is 0 Å². The lowest BCUT2D eigenvalue weighted by atomic mass is 10.0. The van der Waals surface area contributed by atoms with E-state index in [4.69, 9.17) is 13.6 Å². The number of nitrogens with zero attached hydrogens (tertiary/aromatic N) is 1. The summed E-state index contributed by atoms with van der Waals surface area (Å²) >= 11 is 0. The fourth-order valence-electron chi connectivity index (χ4n) is 3.81. The van der Waals surface area contributed by atoms with Gasteiger partial charge in [-0.1, -0.05) is 54.6 Å². The Bertz CT molecular complexity index is 1550. The highest BCUT2D eigenvalue weighted by molar-refractivity contribution is 6.02. The molecule has 5 aromatic rings. The number of fused-ring (bicyclic) bond motifs is 1. The van der Waals surface area contributed by atoms with E-state index in [-0.39, 0.29) is 23.2 Å². The van der Waals surface area contributed by atoms with Crippen molar-refractivity contribution in [2.24, 2.45) is 0 Å². The summed E-state index contributed by atoms with van der Waals surface area (Å²) in [6.07, 6.45) is 0. The third-order valence-electron chi connectivity index (χ3n) is 5.65. The number of benzene rings is 3. The molecule has 0 saturated carbocycles. The molecule has 0 fully saturated rings. The number of para-hydroxylation sites is 1. The molecule has 0 aliphatic heterocycles. The number of carbonyl (C=O) groups excluding carboxylic acids is 1. The highest BCUT2D eigenvalue weighted by Gasteiger charge is 2.20. The van der Waals surface area contributed by atoms with E-state index in [9.17, 15) is 9.59 Å². The molecule has 0 spiro atoms. The van der Waals surface area contributed by atoms with Crippen LogP contribution in [-0.4, -0.2) is 11.0 Å². The van der Waals surface area contributed by atoms with E-state index in [2.05, 4.69) is 4.98 Å². The standard InChI is InChI=1S/C28H21NO5/c1-17-24(30)21-14-9-15-22(26(21)34-25(17)19-10-5-3-6-11-19)28(31)32-16-23-18(2)33-27(29-23)20-12-7-4-8-13-20/h3-15H,16H2,1-2H3. The van der Waals surface area contributed by atoms with Crippen molar-refractivity contribution in [3.63, 3.8) is 0 Å². The SMILES string of the molecule is Cc1oc(-c2ccccc2)nc1COC(=O)c1cccc2c(=O)c(C)c(-c3ccccc3)oc12. The van der Waals surface area contributed by atoms with Gasteiger partial charge in [-0.15, -0.1) is 0 Å². The predicted molar refractivity (Wildman–Crippen MR) is 128 cm³/mol. The van der Waals surface area contributed by atoms with Gasteiger partial charge in [-0.25, -0.2) is 9.78 Å². The largest absolute Gasteiger partial charge is 0.455 e. The molecule has 3 aromatic carbocycles. The van der Waals surface area contributed by atoms with Gasteiger partial charge in [0, 0.05) is 16.7 Å². The number of rotatable bonds is 5. The summed E-state index contributed by atoms with van der Waals surface area (Å²) in [6, 6.07) is 23.7. The molecule has 0 unspecified atom stereocenters. The molecular formula is C28H21NO5. The Morgan fingerprint density at radius 3 is 2.24 bits per heavy atom. The highest BCUT2D eigenvalue weighted by Crippen LogP contribution is 2.28. The first kappa shape index (κ1) is 21.4. The van der Waals surface area contributed by atoms with E-state index in [0.717, 1.165) is 11.1 Å². The zero-order chi connectivity index (χ0) is 23.7. The molecule has 0 bridgehead atoms. The number of esters is 1. The number of aromatic nitrogens is 1. The molecule has 6 nitrogen and oxygen atoms in total. The van der Waals surface area contributed by atoms with E-state index in [1.807, 2.05) is 60.7 Å². The summed E-state index contributed by atoms with van der Waals surface area (Å²) in [5.41, 5.74) is 2.79. The van der Waals surface area contributed by atoms with Gasteiger partial charge in [-0.3, -0.25) is 4.79 Å². The first-order valence-electron chi connectivity index (χ1n) is 10.8. The molecule has 168 valence electrons. The predicted octanol–water partition coefficient (Wildman–Crippen LogP) is 6.09. The van der Waals surface area contributed by atoms with Gasteiger partial charge in [-0.2, -0.15) is 0 Å². The quantitative estimate of drug-likeness (QED) is 0.301. The maximum Gasteiger partial charge on any atom is 0.342 e. The van der Waals surface area contributed by atoms with Gasteiger partial charge in [0.2, 0.25) is 5.89 Å². The number of ether oxygens (including phenoxy) is 1. The molecule has 0 atom stereocenters. The molecular weight excluding hydrogens is 430 g/mol. The Labute approximate surface area is 195 Å². The summed E-state index contributed by atoms with van der Waals surface area (Å²) in [7, 11) is 0. The first-order valence-corrected chi connectivity index (χ1v) is 10.8. The monoisotopic (exact) mass is 451 g/mol. The summed E-state index contributed by atoms with van der Waals surface area (Å²) in [5.74, 6) is 0.847.